The van der Waals surface area contributed by atoms with Crippen LogP contribution in [0, 0.1) is 23.7 Å². The lowest BCUT2D eigenvalue weighted by atomic mass is 9.80. The predicted molar refractivity (Wildman–Crippen MR) is 368 cm³/mol. The zero-order valence-corrected chi connectivity index (χ0v) is 64.2. The van der Waals surface area contributed by atoms with Gasteiger partial charge in [0.15, 0.2) is 55.9 Å². The Balaban J connectivity index is 0.898. The normalized spacial score (nSPS) is 52.1. The van der Waals surface area contributed by atoms with E-state index < -0.39 is 396 Å². The second-order valence-electron chi connectivity index (χ2n) is 31.8. The Kier molecular flexibility index (Phi) is 34.3. The molecule has 10 rings (SSSR count). The average molecular weight is 1710 g/mol. The number of hydrogen-bond acceptors (Lipinski definition) is 47. The molecule has 0 radical (unpaired) electrons. The lowest BCUT2D eigenvalue weighted by Gasteiger charge is -2.51. The molecule has 30 N–H and O–H groups in total. The molecule has 51 atom stereocenters. The van der Waals surface area contributed by atoms with Gasteiger partial charge in [0, 0.05) is 30.1 Å². The number of carbonyl (C=O) groups is 1. The molecule has 10 heterocycles. The summed E-state index contributed by atoms with van der Waals surface area (Å²) in [6.07, 6.45) is -85.5. The second-order valence-corrected chi connectivity index (χ2v) is 31.8. The summed E-state index contributed by atoms with van der Waals surface area (Å²) in [5.41, 5.74) is 3.57. The molecule has 682 valence electrons. The van der Waals surface area contributed by atoms with Crippen molar-refractivity contribution in [2.75, 3.05) is 59.5 Å². The molecule has 10 aliphatic heterocycles. The van der Waals surface area contributed by atoms with Crippen LogP contribution in [0.2, 0.25) is 0 Å². The average Bonchev–Trinajstić information content (AvgIpc) is 0.772. The van der Waals surface area contributed by atoms with E-state index in [1.54, 1.807) is 13.8 Å². The van der Waals surface area contributed by atoms with Crippen molar-refractivity contribution in [3.8, 4) is 0 Å². The maximum absolute atomic E-state index is 12.9. The van der Waals surface area contributed by atoms with Gasteiger partial charge in [-0.1, -0.05) is 27.7 Å². The molecule has 0 aliphatic carbocycles. The van der Waals surface area contributed by atoms with Crippen molar-refractivity contribution in [1.29, 1.82) is 0 Å². The van der Waals surface area contributed by atoms with Gasteiger partial charge >= 0.3 is 5.97 Å². The van der Waals surface area contributed by atoms with Crippen molar-refractivity contribution in [3.63, 3.8) is 0 Å². The highest BCUT2D eigenvalue weighted by Gasteiger charge is 2.61. The summed E-state index contributed by atoms with van der Waals surface area (Å²) in [5.74, 6) is -6.24. The zero-order chi connectivity index (χ0) is 86.2. The zero-order valence-electron chi connectivity index (χ0n) is 64.2. The van der Waals surface area contributed by atoms with Crippen LogP contribution in [-0.4, -0.2) is 496 Å². The van der Waals surface area contributed by atoms with Crippen molar-refractivity contribution in [3.05, 3.63) is 0 Å². The summed E-state index contributed by atoms with van der Waals surface area (Å²) in [6, 6.07) is -1.49. The molecule has 0 aromatic rings. The third-order valence-electron chi connectivity index (χ3n) is 24.2. The first-order valence-electron chi connectivity index (χ1n) is 38.9. The predicted octanol–water partition coefficient (Wildman–Crippen LogP) is -16.7. The minimum atomic E-state index is -2.45. The summed E-state index contributed by atoms with van der Waals surface area (Å²) in [6.45, 7) is -1.46. The van der Waals surface area contributed by atoms with Gasteiger partial charge in [-0.05, 0) is 19.8 Å². The molecular weight excluding hydrogens is 1590 g/mol. The number of nitrogens with two attached hydrogens (primary N) is 1. The number of aliphatic hydroxyl groups is 27. The van der Waals surface area contributed by atoms with Gasteiger partial charge < -0.3 is 234 Å². The number of carboxylic acids is 1. The fourth-order valence-corrected chi connectivity index (χ4v) is 16.3. The van der Waals surface area contributed by atoms with Crippen LogP contribution in [0.25, 0.3) is 0 Å². The molecule has 10 saturated heterocycles. The Morgan fingerprint density at radius 3 is 1.12 bits per heavy atom. The number of rotatable bonds is 31. The highest BCUT2D eigenvalue weighted by molar-refractivity contribution is 5.77. The van der Waals surface area contributed by atoms with E-state index in [2.05, 4.69) is 0 Å². The molecule has 0 saturated carbocycles. The van der Waals surface area contributed by atoms with Gasteiger partial charge in [0.25, 0.3) is 0 Å². The molecule has 0 bridgehead atoms. The Hall–Kier alpha value is -2.37. The standard InChI is InChI=1S/C69H119NO47/c1-18-22(5)101-29(13-75)52(35(18)81)110-60-19(2)36(82)55(32(16-78)106-60)113-65-51(97)57(44(90)33(109-65)17-100-66-58(47(93)42(88)27(11-73)104-66)115-61-20(3)37(83)54(31(15-77)107-61)112-64-50(96)46(92)41(87)26(10-72)103-64)114-67-59(48(94)43(89)28(12-74)105-67)116-62-21(4)38(84)53(30(14-76)108-62)111-63-49(95)45(91)40(86)25(102-63)6-7-69(68(98)99)8-23(79)34(70)56(117-69)39(85)24(80)9-71/h18-67,71-97H,6-17,70H2,1-5H3,(H,98,99)/t18-,19+,20?,21+,22+,23-,24?,25?,26?,27?,28-,29?,30?,31?,32?,33?,34-,35?,36?,37+,38?,39+,40+,41+,42-,43-,44-,45?,46?,47?,48?,49+,50+,51-,52-,53-,54-,55-,56?,57?,58-,59?,60+,61?,62+,63+,64+,65+,66+,67-,69-/m1/s1. The maximum Gasteiger partial charge on any atom is 0.336 e. The van der Waals surface area contributed by atoms with E-state index in [0.29, 0.717) is 0 Å². The van der Waals surface area contributed by atoms with E-state index in [0.717, 1.165) is 0 Å². The fraction of sp³-hybridized carbons (Fsp3) is 0.986. The molecule has 48 nitrogen and oxygen atoms in total. The number of aliphatic hydroxyl groups excluding tert-OH is 27. The van der Waals surface area contributed by atoms with Crippen LogP contribution in [0.1, 0.15) is 53.9 Å². The van der Waals surface area contributed by atoms with Crippen LogP contribution in [0.5, 0.6) is 0 Å². The maximum atomic E-state index is 12.9. The van der Waals surface area contributed by atoms with Crippen molar-refractivity contribution in [2.24, 2.45) is 29.4 Å². The summed E-state index contributed by atoms with van der Waals surface area (Å²) in [4.78, 5) is 12.9. The highest BCUT2D eigenvalue weighted by atomic mass is 16.8. The van der Waals surface area contributed by atoms with Gasteiger partial charge in [-0.25, -0.2) is 4.79 Å². The largest absolute Gasteiger partial charge is 0.479 e. The Morgan fingerprint density at radius 2 is 0.692 bits per heavy atom. The fourth-order valence-electron chi connectivity index (χ4n) is 16.3. The minimum absolute atomic E-state index is 0.551. The molecular formula is C69H119NO47. The lowest BCUT2D eigenvalue weighted by molar-refractivity contribution is -0.402. The van der Waals surface area contributed by atoms with Crippen molar-refractivity contribution < 1.29 is 233 Å². The van der Waals surface area contributed by atoms with Gasteiger partial charge in [-0.3, -0.25) is 0 Å². The van der Waals surface area contributed by atoms with E-state index in [4.69, 9.17) is 91.0 Å². The van der Waals surface area contributed by atoms with Gasteiger partial charge in [0.1, 0.15) is 183 Å². The summed E-state index contributed by atoms with van der Waals surface area (Å²) < 4.78 is 108. The quantitative estimate of drug-likeness (QED) is 0.0306. The van der Waals surface area contributed by atoms with E-state index in [9.17, 15) is 148 Å². The number of carboxylic acid groups (broad SMARTS) is 1. The van der Waals surface area contributed by atoms with Crippen molar-refractivity contribution in [1.82, 2.24) is 0 Å². The lowest BCUT2D eigenvalue weighted by Crippen LogP contribution is -2.68. The molecule has 0 amide bonds. The van der Waals surface area contributed by atoms with Gasteiger partial charge in [0.2, 0.25) is 0 Å². The van der Waals surface area contributed by atoms with Crippen LogP contribution in [0.3, 0.4) is 0 Å². The molecule has 0 aromatic carbocycles. The van der Waals surface area contributed by atoms with Crippen LogP contribution in [-0.2, 0) is 90.1 Å². The third kappa shape index (κ3) is 20.2. The number of hydrogen-bond donors (Lipinski definition) is 29. The number of ether oxygens (including phenoxy) is 18. The summed E-state index contributed by atoms with van der Waals surface area (Å²) in [5, 5.41) is 309. The highest BCUT2D eigenvalue weighted by Crippen LogP contribution is 2.44. The first kappa shape index (κ1) is 96.8. The van der Waals surface area contributed by atoms with Crippen molar-refractivity contribution >= 4 is 5.97 Å². The van der Waals surface area contributed by atoms with E-state index >= 15 is 0 Å². The van der Waals surface area contributed by atoms with Crippen LogP contribution >= 0.6 is 0 Å². The molecule has 117 heavy (non-hydrogen) atoms. The van der Waals surface area contributed by atoms with Gasteiger partial charge in [0.05, 0.1) is 108 Å². The molecule has 10 fully saturated rings. The van der Waals surface area contributed by atoms with Crippen LogP contribution in [0.4, 0.5) is 0 Å². The Labute approximate surface area is 667 Å². The molecule has 21 unspecified atom stereocenters. The van der Waals surface area contributed by atoms with E-state index in [1.165, 1.54) is 20.8 Å². The first-order chi connectivity index (χ1) is 55.3. The van der Waals surface area contributed by atoms with E-state index in [-0.39, 0.29) is 0 Å². The smallest absolute Gasteiger partial charge is 0.336 e. The topological polar surface area (TPSA) is 776 Å². The monoisotopic (exact) mass is 1710 g/mol. The van der Waals surface area contributed by atoms with E-state index in [1.807, 2.05) is 0 Å². The molecule has 10 aliphatic rings. The SMILES string of the molecule is CC1C(O[C@@H]2C(O)[C@H](O)C(CO)O[C@@H]2OCC2O[C@@H](O[C@@H]3C(CO)O[C@@H](O[C@@H]4C(CO)O[C@@H](C)[C@@H](C)C4O)[C@@H](C)C3O)[C@H](O)C(O[C@H]3O[C@H](CO)[C@@H](O)C(O)C3O[C@@H]3OC(CO)[C@@H](O[C@@H]4OC(CC[C@]5(C(=O)O)C[C@@H](O)[C@@H](N)C([C@@H](O)C(O)CO)O5)[C@H](O)C(O)[C@@H]4O)C(O)[C@@H]3C)[C@@H]2O)OC(CO)[C@@H](O[C@@H]2OC(CO)[C@H](O)C(O)[C@@H]2O)[C@H]1O. The molecule has 48 heteroatoms. The summed E-state index contributed by atoms with van der Waals surface area (Å²) in [7, 11) is 0. The molecule has 0 spiro atoms. The van der Waals surface area contributed by atoms with Crippen LogP contribution < -0.4 is 5.73 Å². The Morgan fingerprint density at radius 1 is 0.359 bits per heavy atom. The second kappa shape index (κ2) is 41.4. The summed E-state index contributed by atoms with van der Waals surface area (Å²) >= 11 is 0. The van der Waals surface area contributed by atoms with Gasteiger partial charge in [-0.2, -0.15) is 0 Å². The number of aliphatic carboxylic acids is 1. The minimum Gasteiger partial charge on any atom is -0.479 e. The van der Waals surface area contributed by atoms with Gasteiger partial charge in [-0.15, -0.1) is 0 Å². The third-order valence-corrected chi connectivity index (χ3v) is 24.2. The molecule has 0 aromatic heterocycles. The first-order valence-corrected chi connectivity index (χ1v) is 38.9. The van der Waals surface area contributed by atoms with Crippen LogP contribution in [0.15, 0.2) is 0 Å². The van der Waals surface area contributed by atoms with Crippen molar-refractivity contribution in [2.45, 2.75) is 342 Å². The Bertz CT molecular complexity index is 3020.